The number of carbonyl (C=O) groups is 5. The lowest BCUT2D eigenvalue weighted by Crippen LogP contribution is -2.36. The number of amides is 3. The molecule has 0 fully saturated rings. The van der Waals surface area contributed by atoms with Crippen LogP contribution in [0.15, 0.2) is 63.9 Å². The summed E-state index contributed by atoms with van der Waals surface area (Å²) in [5.41, 5.74) is 0.372. The lowest BCUT2D eigenvalue weighted by Gasteiger charge is -2.11. The monoisotopic (exact) mass is 451 g/mol. The number of aromatic carboxylic acids is 2. The van der Waals surface area contributed by atoms with Crippen LogP contribution in [0.1, 0.15) is 34.1 Å². The first-order chi connectivity index (χ1) is 15.7. The van der Waals surface area contributed by atoms with E-state index in [1.165, 1.54) is 49.4 Å². The van der Waals surface area contributed by atoms with Gasteiger partial charge in [-0.05, 0) is 43.3 Å². The number of benzene rings is 2. The van der Waals surface area contributed by atoms with Gasteiger partial charge in [-0.3, -0.25) is 14.4 Å². The van der Waals surface area contributed by atoms with Crippen molar-refractivity contribution in [2.75, 3.05) is 5.32 Å². The number of hydrogen-bond acceptors (Lipinski definition) is 8. The van der Waals surface area contributed by atoms with Crippen LogP contribution < -0.4 is 5.32 Å². The number of carbonyl (C=O) groups excluding carboxylic acids is 3. The largest absolute Gasteiger partial charge is 0.478 e. The summed E-state index contributed by atoms with van der Waals surface area (Å²) in [5.74, 6) is -4.80. The molecule has 2 aromatic carbocycles. The van der Waals surface area contributed by atoms with E-state index in [9.17, 15) is 29.1 Å². The topological polar surface area (TPSA) is 178 Å². The zero-order chi connectivity index (χ0) is 24.1. The number of carboxylic acid groups (broad SMARTS) is 2. The summed E-state index contributed by atoms with van der Waals surface area (Å²) in [6.45, 7) is 1.45. The van der Waals surface area contributed by atoms with Gasteiger partial charge in [0.05, 0.1) is 22.5 Å². The molecule has 0 saturated carbocycles. The number of nitrogens with zero attached hydrogens (tertiary/aromatic N) is 4. The van der Waals surface area contributed by atoms with Crippen LogP contribution in [-0.4, -0.2) is 56.6 Å². The molecular formula is C21H17N5O7. The quantitative estimate of drug-likeness (QED) is 0.427. The molecule has 33 heavy (non-hydrogen) atoms. The van der Waals surface area contributed by atoms with Crippen molar-refractivity contribution in [2.24, 2.45) is 15.3 Å². The Hall–Kier alpha value is -4.74. The molecule has 0 unspecified atom stereocenters. The molecule has 0 spiro atoms. The third-order valence-electron chi connectivity index (χ3n) is 4.48. The Morgan fingerprint density at radius 1 is 1.03 bits per heavy atom. The van der Waals surface area contributed by atoms with Gasteiger partial charge in [0.1, 0.15) is 6.42 Å². The van der Waals surface area contributed by atoms with Crippen LogP contribution in [0.2, 0.25) is 0 Å². The number of nitrogens with one attached hydrogen (secondary N) is 1. The van der Waals surface area contributed by atoms with Crippen LogP contribution in [0.25, 0.3) is 0 Å². The van der Waals surface area contributed by atoms with Crippen molar-refractivity contribution in [3.8, 4) is 0 Å². The molecule has 12 nitrogen and oxygen atoms in total. The molecule has 0 radical (unpaired) electrons. The summed E-state index contributed by atoms with van der Waals surface area (Å²) >= 11 is 0. The molecule has 3 rings (SSSR count). The van der Waals surface area contributed by atoms with Crippen LogP contribution in [0.3, 0.4) is 0 Å². The Balaban J connectivity index is 1.64. The highest BCUT2D eigenvalue weighted by Gasteiger charge is 2.38. The molecule has 1 aliphatic rings. The first-order valence-electron chi connectivity index (χ1n) is 9.45. The van der Waals surface area contributed by atoms with Crippen molar-refractivity contribution < 1.29 is 34.2 Å². The summed E-state index contributed by atoms with van der Waals surface area (Å²) in [4.78, 5) is 59.3. The SMILES string of the molecule is CC1=NN(C(=O)CC(=O)Nc2ccc(C(=O)O)cc2)C(=O)[C@H]1N=Nc1ccccc1C(=O)O. The maximum Gasteiger partial charge on any atom is 0.337 e. The molecule has 3 amide bonds. The molecule has 3 N–H and O–H groups in total. The van der Waals surface area contributed by atoms with Crippen molar-refractivity contribution in [3.05, 3.63) is 59.7 Å². The van der Waals surface area contributed by atoms with Crippen molar-refractivity contribution in [1.29, 1.82) is 0 Å². The minimum absolute atomic E-state index is 0.0303. The molecule has 0 aliphatic carbocycles. The van der Waals surface area contributed by atoms with Gasteiger partial charge in [-0.1, -0.05) is 12.1 Å². The third kappa shape index (κ3) is 5.31. The van der Waals surface area contributed by atoms with E-state index in [0.29, 0.717) is 5.01 Å². The molecule has 0 bridgehead atoms. The van der Waals surface area contributed by atoms with Crippen LogP contribution in [0.4, 0.5) is 11.4 Å². The van der Waals surface area contributed by atoms with Crippen LogP contribution in [-0.2, 0) is 14.4 Å². The molecule has 12 heteroatoms. The van der Waals surface area contributed by atoms with E-state index in [0.717, 1.165) is 0 Å². The zero-order valence-electron chi connectivity index (χ0n) is 17.1. The maximum absolute atomic E-state index is 12.6. The van der Waals surface area contributed by atoms with Crippen LogP contribution >= 0.6 is 0 Å². The Morgan fingerprint density at radius 2 is 1.70 bits per heavy atom. The fourth-order valence-corrected chi connectivity index (χ4v) is 2.84. The summed E-state index contributed by atoms with van der Waals surface area (Å²) in [6.07, 6.45) is -0.699. The fourth-order valence-electron chi connectivity index (χ4n) is 2.84. The number of azo groups is 1. The smallest absolute Gasteiger partial charge is 0.337 e. The summed E-state index contributed by atoms with van der Waals surface area (Å²) in [5, 5.41) is 32.5. The molecule has 168 valence electrons. The van der Waals surface area contributed by atoms with E-state index in [1.54, 1.807) is 6.07 Å². The Morgan fingerprint density at radius 3 is 2.33 bits per heavy atom. The van der Waals surface area contributed by atoms with E-state index in [1.807, 2.05) is 0 Å². The third-order valence-corrected chi connectivity index (χ3v) is 4.48. The summed E-state index contributed by atoms with van der Waals surface area (Å²) in [6, 6.07) is 9.88. The van der Waals surface area contributed by atoms with E-state index in [2.05, 4.69) is 20.6 Å². The Labute approximate surface area is 186 Å². The van der Waals surface area contributed by atoms with E-state index < -0.39 is 42.1 Å². The lowest BCUT2D eigenvalue weighted by molar-refractivity contribution is -0.144. The summed E-state index contributed by atoms with van der Waals surface area (Å²) < 4.78 is 0. The van der Waals surface area contributed by atoms with Gasteiger partial charge < -0.3 is 15.5 Å². The van der Waals surface area contributed by atoms with Gasteiger partial charge in [0.2, 0.25) is 5.91 Å². The second-order valence-electron chi connectivity index (χ2n) is 6.83. The first-order valence-corrected chi connectivity index (χ1v) is 9.45. The minimum Gasteiger partial charge on any atom is -0.478 e. The number of hydrogen-bond donors (Lipinski definition) is 3. The predicted octanol–water partition coefficient (Wildman–Crippen LogP) is 2.31. The molecule has 1 atom stereocenters. The lowest BCUT2D eigenvalue weighted by atomic mass is 10.2. The average molecular weight is 451 g/mol. The number of anilines is 1. The highest BCUT2D eigenvalue weighted by Crippen LogP contribution is 2.22. The second-order valence-corrected chi connectivity index (χ2v) is 6.83. The predicted molar refractivity (Wildman–Crippen MR) is 113 cm³/mol. The highest BCUT2D eigenvalue weighted by atomic mass is 16.4. The van der Waals surface area contributed by atoms with Gasteiger partial charge in [-0.25, -0.2) is 9.59 Å². The standard InChI is InChI=1S/C21H17N5O7/c1-11-18(24-23-15-5-3-2-4-14(15)21(32)33)19(29)26(25-11)17(28)10-16(27)22-13-8-6-12(7-9-13)20(30)31/h2-9,18H,10H2,1H3,(H,22,27)(H,30,31)(H,32,33)/t18-/m0/s1. The molecule has 0 aromatic heterocycles. The second kappa shape index (κ2) is 9.60. The highest BCUT2D eigenvalue weighted by molar-refractivity contribution is 6.18. The van der Waals surface area contributed by atoms with Gasteiger partial charge >= 0.3 is 11.9 Å². The molecule has 1 heterocycles. The van der Waals surface area contributed by atoms with Crippen molar-refractivity contribution in [2.45, 2.75) is 19.4 Å². The van der Waals surface area contributed by atoms with Gasteiger partial charge in [-0.15, -0.1) is 0 Å². The van der Waals surface area contributed by atoms with E-state index in [-0.39, 0.29) is 28.2 Å². The number of hydrazone groups is 1. The van der Waals surface area contributed by atoms with Crippen molar-refractivity contribution in [3.63, 3.8) is 0 Å². The normalized spacial score (nSPS) is 15.4. The van der Waals surface area contributed by atoms with Gasteiger partial charge in [0.15, 0.2) is 6.04 Å². The maximum atomic E-state index is 12.6. The van der Waals surface area contributed by atoms with Gasteiger partial charge in [0, 0.05) is 5.69 Å². The van der Waals surface area contributed by atoms with Gasteiger partial charge in [-0.2, -0.15) is 20.3 Å². The fraction of sp³-hybridized carbons (Fsp3) is 0.143. The number of carboxylic acids is 2. The van der Waals surface area contributed by atoms with Crippen molar-refractivity contribution >= 4 is 46.7 Å². The first kappa shape index (κ1) is 22.9. The average Bonchev–Trinajstić information content (AvgIpc) is 3.06. The minimum atomic E-state index is -1.23. The molecular weight excluding hydrogens is 434 g/mol. The van der Waals surface area contributed by atoms with Crippen LogP contribution in [0.5, 0.6) is 0 Å². The Bertz CT molecular complexity index is 1200. The van der Waals surface area contributed by atoms with E-state index in [4.69, 9.17) is 5.11 Å². The number of rotatable bonds is 7. The van der Waals surface area contributed by atoms with Crippen LogP contribution in [0, 0.1) is 0 Å². The van der Waals surface area contributed by atoms with Crippen molar-refractivity contribution in [1.82, 2.24) is 5.01 Å². The summed E-state index contributed by atoms with van der Waals surface area (Å²) in [7, 11) is 0. The van der Waals surface area contributed by atoms with Gasteiger partial charge in [0.25, 0.3) is 11.8 Å². The van der Waals surface area contributed by atoms with E-state index >= 15 is 0 Å². The Kier molecular flexibility index (Phi) is 6.67. The molecule has 1 aliphatic heterocycles. The number of imide groups is 1. The molecule has 0 saturated heterocycles. The zero-order valence-corrected chi connectivity index (χ0v) is 17.1. The molecule has 2 aromatic rings.